The van der Waals surface area contributed by atoms with E-state index in [2.05, 4.69) is 33.0 Å². The van der Waals surface area contributed by atoms with Crippen LogP contribution in [0.3, 0.4) is 0 Å². The molecule has 0 saturated carbocycles. The largest absolute Gasteiger partial charge is 0.471 e. The monoisotopic (exact) mass is 280 g/mol. The van der Waals surface area contributed by atoms with Crippen molar-refractivity contribution in [3.05, 3.63) is 0 Å². The molecule has 1 amide bonds. The van der Waals surface area contributed by atoms with Crippen molar-refractivity contribution < 1.29 is 18.0 Å². The molecule has 2 N–H and O–H groups in total. The van der Waals surface area contributed by atoms with E-state index in [1.165, 1.54) is 0 Å². The van der Waals surface area contributed by atoms with Crippen LogP contribution in [0.5, 0.6) is 0 Å². The van der Waals surface area contributed by atoms with Gasteiger partial charge in [0, 0.05) is 17.6 Å². The molecule has 1 fully saturated rings. The molecular weight excluding hydrogens is 257 g/mol. The molecule has 0 unspecified atom stereocenters. The van der Waals surface area contributed by atoms with Gasteiger partial charge in [-0.05, 0) is 52.9 Å². The molecule has 0 aromatic carbocycles. The first-order valence-corrected chi connectivity index (χ1v) is 6.56. The lowest BCUT2D eigenvalue weighted by atomic mass is 9.75. The van der Waals surface area contributed by atoms with E-state index < -0.39 is 12.1 Å². The molecule has 0 aromatic heterocycles. The number of nitrogens with one attached hydrogen (secondary N) is 2. The molecule has 112 valence electrons. The lowest BCUT2D eigenvalue weighted by Crippen LogP contribution is -2.58. The average Bonchev–Trinajstić information content (AvgIpc) is 2.10. The van der Waals surface area contributed by atoms with Crippen molar-refractivity contribution in [2.75, 3.05) is 6.54 Å². The van der Waals surface area contributed by atoms with Gasteiger partial charge < -0.3 is 10.6 Å². The lowest BCUT2D eigenvalue weighted by Gasteiger charge is -2.46. The van der Waals surface area contributed by atoms with E-state index in [9.17, 15) is 18.0 Å². The molecule has 1 aliphatic heterocycles. The minimum Gasteiger partial charge on any atom is -0.348 e. The molecule has 1 heterocycles. The minimum atomic E-state index is -4.79. The number of alkyl halides is 3. The number of carbonyl (C=O) groups excluding carboxylic acids is 1. The fourth-order valence-electron chi connectivity index (χ4n) is 3.23. The Kier molecular flexibility index (Phi) is 4.55. The summed E-state index contributed by atoms with van der Waals surface area (Å²) >= 11 is 0. The van der Waals surface area contributed by atoms with Gasteiger partial charge in [-0.25, -0.2) is 0 Å². The van der Waals surface area contributed by atoms with Gasteiger partial charge in [0.05, 0.1) is 0 Å². The zero-order valence-electron chi connectivity index (χ0n) is 11.9. The Hall–Kier alpha value is -0.780. The number of carbonyl (C=O) groups is 1. The van der Waals surface area contributed by atoms with Crippen LogP contribution in [0.25, 0.3) is 0 Å². The summed E-state index contributed by atoms with van der Waals surface area (Å²) < 4.78 is 36.1. The van der Waals surface area contributed by atoms with E-state index in [4.69, 9.17) is 0 Å². The Labute approximate surface area is 112 Å². The number of hydrogen-bond donors (Lipinski definition) is 2. The molecule has 3 nitrogen and oxygen atoms in total. The zero-order chi connectivity index (χ0) is 14.9. The van der Waals surface area contributed by atoms with Crippen molar-refractivity contribution in [3.63, 3.8) is 0 Å². The second-order valence-corrected chi connectivity index (χ2v) is 6.71. The second-order valence-electron chi connectivity index (χ2n) is 6.71. The predicted octanol–water partition coefficient (Wildman–Crippen LogP) is 2.61. The maximum absolute atomic E-state index is 12.0. The van der Waals surface area contributed by atoms with Crippen molar-refractivity contribution >= 4 is 5.91 Å². The van der Waals surface area contributed by atoms with Gasteiger partial charge in [-0.1, -0.05) is 0 Å². The molecule has 6 heteroatoms. The Morgan fingerprint density at radius 1 is 1.21 bits per heavy atom. The molecule has 1 saturated heterocycles. The zero-order valence-corrected chi connectivity index (χ0v) is 11.9. The van der Waals surface area contributed by atoms with Gasteiger partial charge in [-0.3, -0.25) is 4.79 Å². The van der Waals surface area contributed by atoms with Crippen molar-refractivity contribution in [2.45, 2.75) is 64.2 Å². The number of halogens is 3. The summed E-state index contributed by atoms with van der Waals surface area (Å²) in [7, 11) is 0. The lowest BCUT2D eigenvalue weighted by molar-refractivity contribution is -0.173. The highest BCUT2D eigenvalue weighted by molar-refractivity contribution is 5.81. The first-order chi connectivity index (χ1) is 8.41. The number of amides is 1. The van der Waals surface area contributed by atoms with Crippen LogP contribution in [0.15, 0.2) is 0 Å². The summed E-state index contributed by atoms with van der Waals surface area (Å²) in [4.78, 5) is 10.7. The van der Waals surface area contributed by atoms with E-state index >= 15 is 0 Å². The molecule has 0 aromatic rings. The first-order valence-electron chi connectivity index (χ1n) is 6.56. The van der Waals surface area contributed by atoms with E-state index in [-0.39, 0.29) is 17.6 Å². The van der Waals surface area contributed by atoms with Crippen LogP contribution >= 0.6 is 0 Å². The van der Waals surface area contributed by atoms with Crippen molar-refractivity contribution in [3.8, 4) is 0 Å². The SMILES string of the molecule is CC1(C)CC(CCNC(=O)C(F)(F)F)CC(C)(C)N1. The minimum absolute atomic E-state index is 0.0273. The van der Waals surface area contributed by atoms with Gasteiger partial charge in [0.25, 0.3) is 0 Å². The van der Waals surface area contributed by atoms with Crippen LogP contribution in [0.2, 0.25) is 0 Å². The number of piperidine rings is 1. The van der Waals surface area contributed by atoms with Crippen LogP contribution in [0, 0.1) is 5.92 Å². The highest BCUT2D eigenvalue weighted by atomic mass is 19.4. The van der Waals surface area contributed by atoms with Crippen LogP contribution in [-0.4, -0.2) is 29.7 Å². The molecule has 0 bridgehead atoms. The summed E-state index contributed by atoms with van der Waals surface area (Å²) in [6.45, 7) is 8.45. The summed E-state index contributed by atoms with van der Waals surface area (Å²) in [6, 6.07) is 0. The topological polar surface area (TPSA) is 41.1 Å². The summed E-state index contributed by atoms with van der Waals surface area (Å²) in [5, 5.41) is 5.46. The summed E-state index contributed by atoms with van der Waals surface area (Å²) in [5.41, 5.74) is -0.0547. The van der Waals surface area contributed by atoms with Crippen molar-refractivity contribution in [1.82, 2.24) is 10.6 Å². The Morgan fingerprint density at radius 3 is 2.11 bits per heavy atom. The fourth-order valence-corrected chi connectivity index (χ4v) is 3.23. The third-order valence-corrected chi connectivity index (χ3v) is 3.37. The third kappa shape index (κ3) is 5.38. The highest BCUT2D eigenvalue weighted by Crippen LogP contribution is 2.34. The quantitative estimate of drug-likeness (QED) is 0.834. The van der Waals surface area contributed by atoms with Crippen LogP contribution in [0.4, 0.5) is 13.2 Å². The smallest absolute Gasteiger partial charge is 0.348 e. The molecule has 0 spiro atoms. The number of rotatable bonds is 3. The van der Waals surface area contributed by atoms with Crippen LogP contribution in [-0.2, 0) is 4.79 Å². The van der Waals surface area contributed by atoms with E-state index in [0.717, 1.165) is 12.8 Å². The van der Waals surface area contributed by atoms with E-state index in [0.29, 0.717) is 12.3 Å². The Morgan fingerprint density at radius 2 is 1.68 bits per heavy atom. The summed E-state index contributed by atoms with van der Waals surface area (Å²) in [5.74, 6) is -1.53. The maximum atomic E-state index is 12.0. The molecule has 0 radical (unpaired) electrons. The van der Waals surface area contributed by atoms with Gasteiger partial charge in [0.2, 0.25) is 0 Å². The molecule has 1 rings (SSSR count). The fraction of sp³-hybridized carbons (Fsp3) is 0.923. The van der Waals surface area contributed by atoms with Crippen LogP contribution in [0.1, 0.15) is 47.0 Å². The van der Waals surface area contributed by atoms with Gasteiger partial charge in [0.15, 0.2) is 0 Å². The second kappa shape index (κ2) is 5.31. The van der Waals surface area contributed by atoms with Crippen molar-refractivity contribution in [2.24, 2.45) is 5.92 Å². The predicted molar refractivity (Wildman–Crippen MR) is 67.7 cm³/mol. The molecule has 1 aliphatic rings. The molecular formula is C13H23F3N2O. The Balaban J connectivity index is 2.43. The van der Waals surface area contributed by atoms with Crippen LogP contribution < -0.4 is 10.6 Å². The Bertz CT molecular complexity index is 321. The van der Waals surface area contributed by atoms with Gasteiger partial charge in [0.1, 0.15) is 0 Å². The van der Waals surface area contributed by atoms with Gasteiger partial charge in [-0.2, -0.15) is 13.2 Å². The van der Waals surface area contributed by atoms with Gasteiger partial charge in [-0.15, -0.1) is 0 Å². The van der Waals surface area contributed by atoms with Crippen molar-refractivity contribution in [1.29, 1.82) is 0 Å². The molecule has 0 aliphatic carbocycles. The molecule has 19 heavy (non-hydrogen) atoms. The maximum Gasteiger partial charge on any atom is 0.471 e. The van der Waals surface area contributed by atoms with E-state index in [1.54, 1.807) is 0 Å². The highest BCUT2D eigenvalue weighted by Gasteiger charge is 2.39. The molecule has 0 atom stereocenters. The normalized spacial score (nSPS) is 23.1. The standard InChI is InChI=1S/C13H23F3N2O/c1-11(2)7-9(8-12(3,4)18-11)5-6-17-10(19)13(14,15)16/h9,18H,5-8H2,1-4H3,(H,17,19). The van der Waals surface area contributed by atoms with Gasteiger partial charge >= 0.3 is 12.1 Å². The first kappa shape index (κ1) is 16.3. The third-order valence-electron chi connectivity index (χ3n) is 3.37. The number of hydrogen-bond acceptors (Lipinski definition) is 2. The van der Waals surface area contributed by atoms with E-state index in [1.807, 2.05) is 5.32 Å². The average molecular weight is 280 g/mol. The summed E-state index contributed by atoms with van der Waals surface area (Å²) in [6.07, 6.45) is -2.40.